The number of carboxylic acid groups (broad SMARTS) is 1. The number of aryl methyl sites for hydroxylation is 1. The predicted octanol–water partition coefficient (Wildman–Crippen LogP) is 1.48. The fourth-order valence-corrected chi connectivity index (χ4v) is 3.46. The first-order chi connectivity index (χ1) is 8.34. The third-order valence-corrected chi connectivity index (χ3v) is 5.21. The lowest BCUT2D eigenvalue weighted by Gasteiger charge is -2.18. The molecule has 5 nitrogen and oxygen atoms in total. The van der Waals surface area contributed by atoms with Crippen LogP contribution >= 0.6 is 0 Å². The summed E-state index contributed by atoms with van der Waals surface area (Å²) in [6.45, 7) is 1.67. The maximum atomic E-state index is 12.3. The third kappa shape index (κ3) is 2.26. The first-order valence-electron chi connectivity index (χ1n) is 5.66. The number of carbonyl (C=O) groups is 1. The summed E-state index contributed by atoms with van der Waals surface area (Å²) >= 11 is 0. The summed E-state index contributed by atoms with van der Waals surface area (Å²) in [5.74, 6) is -1.12. The van der Waals surface area contributed by atoms with Crippen LogP contribution in [0.1, 0.15) is 28.8 Å². The monoisotopic (exact) mass is 269 g/mol. The van der Waals surface area contributed by atoms with Crippen molar-refractivity contribution in [2.24, 2.45) is 0 Å². The molecule has 1 aromatic carbocycles. The van der Waals surface area contributed by atoms with Gasteiger partial charge in [0.1, 0.15) is 0 Å². The molecule has 1 fully saturated rings. The molecule has 0 bridgehead atoms. The number of nitrogens with zero attached hydrogens (tertiary/aromatic N) is 1. The largest absolute Gasteiger partial charge is 0.478 e. The van der Waals surface area contributed by atoms with Crippen molar-refractivity contribution in [2.75, 3.05) is 7.05 Å². The fraction of sp³-hybridized carbons (Fsp3) is 0.417. The van der Waals surface area contributed by atoms with E-state index in [0.29, 0.717) is 5.56 Å². The second-order valence-corrected chi connectivity index (χ2v) is 6.50. The Morgan fingerprint density at radius 1 is 1.39 bits per heavy atom. The van der Waals surface area contributed by atoms with E-state index < -0.39 is 16.0 Å². The molecule has 1 aromatic rings. The Balaban J connectivity index is 2.48. The van der Waals surface area contributed by atoms with Gasteiger partial charge in [0.05, 0.1) is 10.5 Å². The van der Waals surface area contributed by atoms with Gasteiger partial charge in [-0.3, -0.25) is 0 Å². The fourth-order valence-electron chi connectivity index (χ4n) is 1.80. The summed E-state index contributed by atoms with van der Waals surface area (Å²) in [5, 5.41) is 8.92. The van der Waals surface area contributed by atoms with Gasteiger partial charge < -0.3 is 5.11 Å². The molecule has 0 atom stereocenters. The standard InChI is InChI=1S/C12H15NO4S/c1-8-3-4-9(12(14)15)7-11(8)18(16,17)13(2)10-5-6-10/h3-4,7,10H,5-6H2,1-2H3,(H,14,15). The highest BCUT2D eigenvalue weighted by Gasteiger charge is 2.35. The van der Waals surface area contributed by atoms with Gasteiger partial charge in [0, 0.05) is 13.1 Å². The molecule has 1 aliphatic rings. The summed E-state index contributed by atoms with van der Waals surface area (Å²) in [6.07, 6.45) is 1.74. The molecule has 0 radical (unpaired) electrons. The number of aromatic carboxylic acids is 1. The minimum Gasteiger partial charge on any atom is -0.478 e. The number of sulfonamides is 1. The lowest BCUT2D eigenvalue weighted by molar-refractivity contribution is 0.0696. The minimum absolute atomic E-state index is 0.0108. The van der Waals surface area contributed by atoms with Gasteiger partial charge in [-0.1, -0.05) is 6.07 Å². The van der Waals surface area contributed by atoms with Gasteiger partial charge in [0.25, 0.3) is 0 Å². The Morgan fingerprint density at radius 3 is 2.50 bits per heavy atom. The van der Waals surface area contributed by atoms with Crippen molar-refractivity contribution in [2.45, 2.75) is 30.7 Å². The summed E-state index contributed by atoms with van der Waals surface area (Å²) in [6, 6.07) is 4.22. The molecule has 0 unspecified atom stereocenters. The molecule has 1 aliphatic carbocycles. The smallest absolute Gasteiger partial charge is 0.335 e. The van der Waals surface area contributed by atoms with Gasteiger partial charge >= 0.3 is 5.97 Å². The van der Waals surface area contributed by atoms with Crippen molar-refractivity contribution in [3.8, 4) is 0 Å². The summed E-state index contributed by atoms with van der Waals surface area (Å²) < 4.78 is 26.0. The zero-order valence-electron chi connectivity index (χ0n) is 10.3. The Bertz CT molecular complexity index is 590. The van der Waals surface area contributed by atoms with Crippen molar-refractivity contribution in [1.82, 2.24) is 4.31 Å². The van der Waals surface area contributed by atoms with Gasteiger partial charge in [0.15, 0.2) is 0 Å². The van der Waals surface area contributed by atoms with Crippen molar-refractivity contribution < 1.29 is 18.3 Å². The Morgan fingerprint density at radius 2 is 2.00 bits per heavy atom. The Kier molecular flexibility index (Phi) is 3.16. The molecule has 1 N–H and O–H groups in total. The molecule has 98 valence electrons. The van der Waals surface area contributed by atoms with E-state index in [4.69, 9.17) is 5.11 Å². The number of rotatable bonds is 4. The first-order valence-corrected chi connectivity index (χ1v) is 7.10. The summed E-state index contributed by atoms with van der Waals surface area (Å²) in [5.41, 5.74) is 0.552. The average Bonchev–Trinajstić information content (AvgIpc) is 3.11. The van der Waals surface area contributed by atoms with E-state index in [0.717, 1.165) is 12.8 Å². The van der Waals surface area contributed by atoms with Gasteiger partial charge in [-0.05, 0) is 37.5 Å². The molecule has 0 amide bonds. The molecule has 2 rings (SSSR count). The molecule has 6 heteroatoms. The highest BCUT2D eigenvalue weighted by molar-refractivity contribution is 7.89. The van der Waals surface area contributed by atoms with Crippen LogP contribution < -0.4 is 0 Å². The van der Waals surface area contributed by atoms with Crippen LogP contribution in [0.5, 0.6) is 0 Å². The number of hydrogen-bond acceptors (Lipinski definition) is 3. The average molecular weight is 269 g/mol. The van der Waals surface area contributed by atoms with E-state index in [1.165, 1.54) is 22.5 Å². The van der Waals surface area contributed by atoms with E-state index >= 15 is 0 Å². The Hall–Kier alpha value is -1.40. The van der Waals surface area contributed by atoms with E-state index in [1.54, 1.807) is 14.0 Å². The predicted molar refractivity (Wildman–Crippen MR) is 66.1 cm³/mol. The number of hydrogen-bond donors (Lipinski definition) is 1. The van der Waals surface area contributed by atoms with Crippen LogP contribution in [0, 0.1) is 6.92 Å². The van der Waals surface area contributed by atoms with Crippen molar-refractivity contribution in [3.63, 3.8) is 0 Å². The molecular formula is C12H15NO4S. The van der Waals surface area contributed by atoms with E-state index in [9.17, 15) is 13.2 Å². The summed E-state index contributed by atoms with van der Waals surface area (Å²) in [4.78, 5) is 11.0. The van der Waals surface area contributed by atoms with Crippen LogP contribution in [0.25, 0.3) is 0 Å². The van der Waals surface area contributed by atoms with Crippen LogP contribution in [-0.2, 0) is 10.0 Å². The third-order valence-electron chi connectivity index (χ3n) is 3.15. The maximum Gasteiger partial charge on any atom is 0.335 e. The van der Waals surface area contributed by atoms with Crippen molar-refractivity contribution in [3.05, 3.63) is 29.3 Å². The van der Waals surface area contributed by atoms with Gasteiger partial charge in [-0.2, -0.15) is 4.31 Å². The van der Waals surface area contributed by atoms with Gasteiger partial charge in [0.2, 0.25) is 10.0 Å². The molecule has 18 heavy (non-hydrogen) atoms. The SMILES string of the molecule is Cc1ccc(C(=O)O)cc1S(=O)(=O)N(C)C1CC1. The van der Waals surface area contributed by atoms with E-state index in [1.807, 2.05) is 0 Å². The Labute approximate surface area is 106 Å². The van der Waals surface area contributed by atoms with Crippen LogP contribution in [0.4, 0.5) is 0 Å². The topological polar surface area (TPSA) is 74.7 Å². The second kappa shape index (κ2) is 4.37. The van der Waals surface area contributed by atoms with Crippen LogP contribution in [0.3, 0.4) is 0 Å². The quantitative estimate of drug-likeness (QED) is 0.898. The maximum absolute atomic E-state index is 12.3. The van der Waals surface area contributed by atoms with E-state index in [-0.39, 0.29) is 16.5 Å². The first kappa shape index (κ1) is 13.0. The molecule has 0 saturated heterocycles. The van der Waals surface area contributed by atoms with Crippen LogP contribution in [-0.4, -0.2) is 36.9 Å². The molecular weight excluding hydrogens is 254 g/mol. The molecule has 0 heterocycles. The lowest BCUT2D eigenvalue weighted by atomic mass is 10.1. The second-order valence-electron chi connectivity index (χ2n) is 4.54. The van der Waals surface area contributed by atoms with Crippen LogP contribution in [0.15, 0.2) is 23.1 Å². The lowest BCUT2D eigenvalue weighted by Crippen LogP contribution is -2.29. The number of carboxylic acids is 1. The zero-order chi connectivity index (χ0) is 13.5. The zero-order valence-corrected chi connectivity index (χ0v) is 11.1. The van der Waals surface area contributed by atoms with Crippen molar-refractivity contribution >= 4 is 16.0 Å². The molecule has 0 aliphatic heterocycles. The molecule has 1 saturated carbocycles. The van der Waals surface area contributed by atoms with E-state index in [2.05, 4.69) is 0 Å². The van der Waals surface area contributed by atoms with Gasteiger partial charge in [-0.15, -0.1) is 0 Å². The summed E-state index contributed by atoms with van der Waals surface area (Å²) in [7, 11) is -2.05. The molecule has 0 spiro atoms. The molecule has 0 aromatic heterocycles. The number of benzene rings is 1. The normalized spacial score (nSPS) is 15.9. The highest BCUT2D eigenvalue weighted by Crippen LogP contribution is 2.31. The highest BCUT2D eigenvalue weighted by atomic mass is 32.2. The van der Waals surface area contributed by atoms with Crippen LogP contribution in [0.2, 0.25) is 0 Å². The minimum atomic E-state index is -3.59. The van der Waals surface area contributed by atoms with Gasteiger partial charge in [-0.25, -0.2) is 13.2 Å². The van der Waals surface area contributed by atoms with Crippen molar-refractivity contribution in [1.29, 1.82) is 0 Å².